The maximum Gasteiger partial charge on any atom is 0.227 e. The Morgan fingerprint density at radius 3 is 2.75 bits per heavy atom. The molecule has 0 aromatic heterocycles. The SMILES string of the molecule is COc1cccc([C@@H]2C[C@@H](O)CN2C(=O)Cc2ccc(F)cc2)c1. The van der Waals surface area contributed by atoms with Crippen LogP contribution < -0.4 is 4.74 Å². The van der Waals surface area contributed by atoms with Crippen molar-refractivity contribution in [2.75, 3.05) is 13.7 Å². The van der Waals surface area contributed by atoms with E-state index in [9.17, 15) is 14.3 Å². The smallest absolute Gasteiger partial charge is 0.227 e. The van der Waals surface area contributed by atoms with E-state index in [-0.39, 0.29) is 24.2 Å². The van der Waals surface area contributed by atoms with E-state index in [4.69, 9.17) is 4.74 Å². The zero-order valence-corrected chi connectivity index (χ0v) is 13.5. The minimum absolute atomic E-state index is 0.0778. The van der Waals surface area contributed by atoms with Gasteiger partial charge in [-0.15, -0.1) is 0 Å². The van der Waals surface area contributed by atoms with Gasteiger partial charge in [-0.05, 0) is 41.8 Å². The predicted octanol–water partition coefficient (Wildman–Crippen LogP) is 2.71. The van der Waals surface area contributed by atoms with Crippen LogP contribution in [0.2, 0.25) is 0 Å². The zero-order valence-electron chi connectivity index (χ0n) is 13.5. The Kier molecular flexibility index (Phi) is 4.81. The average Bonchev–Trinajstić information content (AvgIpc) is 2.99. The van der Waals surface area contributed by atoms with Gasteiger partial charge >= 0.3 is 0 Å². The minimum Gasteiger partial charge on any atom is -0.497 e. The molecule has 1 aliphatic heterocycles. The topological polar surface area (TPSA) is 49.8 Å². The first-order chi connectivity index (χ1) is 11.6. The molecule has 1 heterocycles. The van der Waals surface area contributed by atoms with Gasteiger partial charge in [0.25, 0.3) is 0 Å². The number of ether oxygens (including phenoxy) is 1. The molecule has 126 valence electrons. The molecule has 2 aromatic rings. The van der Waals surface area contributed by atoms with Crippen LogP contribution in [0.25, 0.3) is 0 Å². The molecule has 24 heavy (non-hydrogen) atoms. The molecule has 0 saturated carbocycles. The maximum absolute atomic E-state index is 13.0. The second kappa shape index (κ2) is 7.01. The molecule has 1 saturated heterocycles. The van der Waals surface area contributed by atoms with Crippen molar-refractivity contribution in [3.05, 3.63) is 65.5 Å². The molecule has 4 nitrogen and oxygen atoms in total. The lowest BCUT2D eigenvalue weighted by atomic mass is 10.0. The van der Waals surface area contributed by atoms with Gasteiger partial charge in [0.05, 0.1) is 25.7 Å². The van der Waals surface area contributed by atoms with E-state index in [1.807, 2.05) is 24.3 Å². The van der Waals surface area contributed by atoms with Crippen LogP contribution in [0.3, 0.4) is 0 Å². The lowest BCUT2D eigenvalue weighted by Gasteiger charge is -2.25. The van der Waals surface area contributed by atoms with E-state index >= 15 is 0 Å². The van der Waals surface area contributed by atoms with Crippen molar-refractivity contribution in [1.82, 2.24) is 4.90 Å². The van der Waals surface area contributed by atoms with Crippen LogP contribution in [-0.4, -0.2) is 35.7 Å². The van der Waals surface area contributed by atoms with Crippen LogP contribution in [0.1, 0.15) is 23.6 Å². The third-order valence-corrected chi connectivity index (χ3v) is 4.35. The standard InChI is InChI=1S/C19H20FNO3/c1-24-17-4-2-3-14(10-17)18-11-16(22)12-21(18)19(23)9-13-5-7-15(20)8-6-13/h2-8,10,16,18,22H,9,11-12H2,1H3/t16-,18+/m1/s1. The molecule has 1 N–H and O–H groups in total. The summed E-state index contributed by atoms with van der Waals surface area (Å²) in [6.45, 7) is 0.307. The third kappa shape index (κ3) is 3.57. The molecule has 0 bridgehead atoms. The largest absolute Gasteiger partial charge is 0.497 e. The van der Waals surface area contributed by atoms with Crippen molar-refractivity contribution in [2.24, 2.45) is 0 Å². The lowest BCUT2D eigenvalue weighted by Crippen LogP contribution is -2.33. The number of likely N-dealkylation sites (tertiary alicyclic amines) is 1. The fourth-order valence-electron chi connectivity index (χ4n) is 3.13. The number of aliphatic hydroxyl groups is 1. The summed E-state index contributed by atoms with van der Waals surface area (Å²) in [6, 6.07) is 13.3. The second-order valence-electron chi connectivity index (χ2n) is 6.03. The number of hydrogen-bond donors (Lipinski definition) is 1. The van der Waals surface area contributed by atoms with Crippen LogP contribution in [-0.2, 0) is 11.2 Å². The molecule has 0 spiro atoms. The minimum atomic E-state index is -0.543. The van der Waals surface area contributed by atoms with Gasteiger partial charge in [0.2, 0.25) is 5.91 Å². The molecule has 1 amide bonds. The van der Waals surface area contributed by atoms with Crippen LogP contribution in [0, 0.1) is 5.82 Å². The van der Waals surface area contributed by atoms with Crippen molar-refractivity contribution < 1.29 is 19.0 Å². The highest BCUT2D eigenvalue weighted by molar-refractivity contribution is 5.79. The Morgan fingerprint density at radius 1 is 1.29 bits per heavy atom. The van der Waals surface area contributed by atoms with Gasteiger partial charge in [-0.2, -0.15) is 0 Å². The Morgan fingerprint density at radius 2 is 2.04 bits per heavy atom. The summed E-state index contributed by atoms with van der Waals surface area (Å²) in [5.74, 6) is 0.322. The van der Waals surface area contributed by atoms with Gasteiger partial charge < -0.3 is 14.7 Å². The molecule has 1 aliphatic rings. The van der Waals surface area contributed by atoms with E-state index in [1.165, 1.54) is 12.1 Å². The number of carbonyl (C=O) groups excluding carboxylic acids is 1. The van der Waals surface area contributed by atoms with Gasteiger partial charge in [0.1, 0.15) is 11.6 Å². The summed E-state index contributed by atoms with van der Waals surface area (Å²) < 4.78 is 18.2. The van der Waals surface area contributed by atoms with Crippen LogP contribution >= 0.6 is 0 Å². The van der Waals surface area contributed by atoms with Crippen molar-refractivity contribution in [2.45, 2.75) is 25.0 Å². The highest BCUT2D eigenvalue weighted by Crippen LogP contribution is 2.34. The van der Waals surface area contributed by atoms with Gasteiger partial charge in [-0.3, -0.25) is 4.79 Å². The molecule has 0 radical (unpaired) electrons. The van der Waals surface area contributed by atoms with Gasteiger partial charge in [-0.1, -0.05) is 24.3 Å². The first kappa shape index (κ1) is 16.5. The molecule has 0 unspecified atom stereocenters. The maximum atomic E-state index is 13.0. The summed E-state index contributed by atoms with van der Waals surface area (Å²) in [7, 11) is 1.60. The van der Waals surface area contributed by atoms with Crippen LogP contribution in [0.5, 0.6) is 5.75 Å². The highest BCUT2D eigenvalue weighted by atomic mass is 19.1. The Labute approximate surface area is 140 Å². The molecule has 1 fully saturated rings. The number of hydrogen-bond acceptors (Lipinski definition) is 3. The zero-order chi connectivity index (χ0) is 17.1. The van der Waals surface area contributed by atoms with E-state index in [0.717, 1.165) is 16.9 Å². The summed E-state index contributed by atoms with van der Waals surface area (Å²) in [5.41, 5.74) is 1.70. The molecular formula is C19H20FNO3. The Hall–Kier alpha value is -2.40. The van der Waals surface area contributed by atoms with Crippen molar-refractivity contribution in [1.29, 1.82) is 0 Å². The van der Waals surface area contributed by atoms with E-state index in [0.29, 0.717) is 13.0 Å². The molecule has 0 aliphatic carbocycles. The molecule has 5 heteroatoms. The summed E-state index contributed by atoms with van der Waals surface area (Å²) in [6.07, 6.45) is 0.147. The van der Waals surface area contributed by atoms with Gasteiger partial charge in [0, 0.05) is 6.54 Å². The van der Waals surface area contributed by atoms with Crippen molar-refractivity contribution in [3.63, 3.8) is 0 Å². The Bertz CT molecular complexity index is 717. The van der Waals surface area contributed by atoms with E-state index < -0.39 is 6.10 Å². The number of carbonyl (C=O) groups is 1. The second-order valence-corrected chi connectivity index (χ2v) is 6.03. The quantitative estimate of drug-likeness (QED) is 0.938. The highest BCUT2D eigenvalue weighted by Gasteiger charge is 2.35. The van der Waals surface area contributed by atoms with E-state index in [2.05, 4.69) is 0 Å². The summed E-state index contributed by atoms with van der Waals surface area (Å²) in [4.78, 5) is 14.4. The molecule has 2 atom stereocenters. The number of rotatable bonds is 4. The molecular weight excluding hydrogens is 309 g/mol. The number of amides is 1. The number of aliphatic hydroxyl groups excluding tert-OH is 1. The first-order valence-electron chi connectivity index (χ1n) is 7.92. The number of methoxy groups -OCH3 is 1. The third-order valence-electron chi connectivity index (χ3n) is 4.35. The molecule has 3 rings (SSSR count). The fraction of sp³-hybridized carbons (Fsp3) is 0.316. The normalized spacial score (nSPS) is 20.2. The van der Waals surface area contributed by atoms with Crippen molar-refractivity contribution >= 4 is 5.91 Å². The van der Waals surface area contributed by atoms with E-state index in [1.54, 1.807) is 24.1 Å². The predicted molar refractivity (Wildman–Crippen MR) is 88.2 cm³/mol. The van der Waals surface area contributed by atoms with Crippen molar-refractivity contribution in [3.8, 4) is 5.75 Å². The fourth-order valence-corrected chi connectivity index (χ4v) is 3.13. The van der Waals surface area contributed by atoms with Crippen LogP contribution in [0.15, 0.2) is 48.5 Å². The number of β-amino-alcohol motifs (C(OH)–C–C–N with tert-alkyl or cyclic N) is 1. The first-order valence-corrected chi connectivity index (χ1v) is 7.92. The van der Waals surface area contributed by atoms with Crippen LogP contribution in [0.4, 0.5) is 4.39 Å². The number of nitrogens with zero attached hydrogens (tertiary/aromatic N) is 1. The number of benzene rings is 2. The van der Waals surface area contributed by atoms with Gasteiger partial charge in [0.15, 0.2) is 0 Å². The number of halogens is 1. The summed E-state index contributed by atoms with van der Waals surface area (Å²) in [5, 5.41) is 10.0. The Balaban J connectivity index is 1.79. The monoisotopic (exact) mass is 329 g/mol. The summed E-state index contributed by atoms with van der Waals surface area (Å²) >= 11 is 0. The lowest BCUT2D eigenvalue weighted by molar-refractivity contribution is -0.131. The average molecular weight is 329 g/mol. The molecule has 2 aromatic carbocycles. The van der Waals surface area contributed by atoms with Gasteiger partial charge in [-0.25, -0.2) is 4.39 Å².